The molecule has 0 saturated heterocycles. The molecule has 0 amide bonds. The maximum atomic E-state index is 5.30. The number of hydrogen-bond acceptors (Lipinski definition) is 1. The summed E-state index contributed by atoms with van der Waals surface area (Å²) in [7, 11) is 0. The Kier molecular flexibility index (Phi) is 23.5. The molecule has 0 N–H and O–H groups in total. The van der Waals surface area contributed by atoms with Gasteiger partial charge in [0.05, 0.1) is 5.69 Å². The van der Waals surface area contributed by atoms with E-state index in [9.17, 15) is 0 Å². The molecule has 0 atom stereocenters. The van der Waals surface area contributed by atoms with Crippen LogP contribution in [0.3, 0.4) is 0 Å². The second-order valence-electron chi connectivity index (χ2n) is 13.3. The van der Waals surface area contributed by atoms with E-state index in [2.05, 4.69) is 173 Å². The number of benzene rings is 4. The Morgan fingerprint density at radius 2 is 1.18 bits per heavy atom. The fourth-order valence-corrected chi connectivity index (χ4v) is 6.25. The summed E-state index contributed by atoms with van der Waals surface area (Å²) in [5.41, 5.74) is 14.0. The van der Waals surface area contributed by atoms with Gasteiger partial charge in [-0.2, -0.15) is 6.42 Å². The van der Waals surface area contributed by atoms with Crippen molar-refractivity contribution in [3.8, 4) is 22.3 Å². The molecule has 3 heteroatoms. The summed E-state index contributed by atoms with van der Waals surface area (Å²) in [5, 5.41) is 0. The Bertz CT molecular complexity index is 1570. The normalized spacial score (nSPS) is 11.4. The van der Waals surface area contributed by atoms with Crippen molar-refractivity contribution in [3.63, 3.8) is 0 Å². The number of rotatable bonds is 18. The van der Waals surface area contributed by atoms with Crippen LogP contribution < -0.4 is 0 Å². The Balaban J connectivity index is 0.00000140. The van der Waals surface area contributed by atoms with Gasteiger partial charge < -0.3 is 11.9 Å². The van der Waals surface area contributed by atoms with Crippen LogP contribution in [0.4, 0.5) is 5.69 Å². The monoisotopic (exact) mass is 790 g/mol. The van der Waals surface area contributed by atoms with Gasteiger partial charge in [-0.1, -0.05) is 164 Å². The standard InChI is InChI=1S/C44H54N.C4H9.BrH.Ni/c1-6-10-13-16-27-41-33-43(32-40(22-12-8-3)44(41)39-25-19-15-20-26-39)45-34(5)37(9-4)30-36-28-35(21-11-7-2)29-42(31-36)38-23-17-14-18-24-38;1-3-4-2;;/h14-15,17-20,23-26,28-29,31-33H,6-13,16,21-22,27H2,1-5H3;1,3-4H2,2H3;1H;/q2*-1;;+1/p-1. The summed E-state index contributed by atoms with van der Waals surface area (Å²) in [4.78, 5) is 5.30. The average molecular weight is 793 g/mol. The van der Waals surface area contributed by atoms with Gasteiger partial charge in [0, 0.05) is 0 Å². The summed E-state index contributed by atoms with van der Waals surface area (Å²) in [6.07, 6.45) is 20.1. The zero-order chi connectivity index (χ0) is 37.3. The number of nitrogens with zero attached hydrogens (tertiary/aromatic N) is 1. The van der Waals surface area contributed by atoms with Crippen LogP contribution in [0.2, 0.25) is 0 Å². The van der Waals surface area contributed by atoms with Crippen LogP contribution in [0.1, 0.15) is 134 Å². The molecular weight excluding hydrogens is 729 g/mol. The van der Waals surface area contributed by atoms with E-state index in [0.717, 1.165) is 49.1 Å². The molecule has 0 saturated carbocycles. The van der Waals surface area contributed by atoms with Gasteiger partial charge in [0.2, 0.25) is 0 Å². The molecule has 279 valence electrons. The van der Waals surface area contributed by atoms with Crippen LogP contribution in [-0.4, -0.2) is 5.71 Å². The first kappa shape index (κ1) is 44.4. The van der Waals surface area contributed by atoms with Crippen molar-refractivity contribution in [2.24, 2.45) is 4.99 Å². The molecule has 4 rings (SSSR count). The Hall–Kier alpha value is -2.74. The van der Waals surface area contributed by atoms with Crippen molar-refractivity contribution in [3.05, 3.63) is 132 Å². The Labute approximate surface area is 328 Å². The summed E-state index contributed by atoms with van der Waals surface area (Å²) in [5.74, 6) is 0. The molecular formula is C48H63BrNNi-2. The number of halogens is 1. The molecule has 0 aromatic heterocycles. The Morgan fingerprint density at radius 1 is 0.627 bits per heavy atom. The SMILES string of the molecule is CCCCCCc1cc(N=C(C)C(=[C-]c2cc(CCCC)cc(-c3ccccc3)c2)CC)cc(CCCC)c1-c1ccccc1.[CH2-]CCC.[Ni][Br]. The van der Waals surface area contributed by atoms with Crippen molar-refractivity contribution in [2.45, 2.75) is 131 Å². The van der Waals surface area contributed by atoms with E-state index in [0.29, 0.717) is 0 Å². The summed E-state index contributed by atoms with van der Waals surface area (Å²) in [6, 6.07) is 33.5. The minimum absolute atomic E-state index is 0.893. The van der Waals surface area contributed by atoms with Crippen LogP contribution in [0.25, 0.3) is 22.3 Å². The van der Waals surface area contributed by atoms with Crippen molar-refractivity contribution < 1.29 is 13.7 Å². The number of aryl methyl sites for hydroxylation is 3. The molecule has 4 aromatic rings. The van der Waals surface area contributed by atoms with E-state index in [1.165, 1.54) is 102 Å². The van der Waals surface area contributed by atoms with Gasteiger partial charge in [0.15, 0.2) is 0 Å². The fraction of sp³-hybridized carbons (Fsp3) is 0.417. The molecule has 4 aromatic carbocycles. The molecule has 0 aliphatic heterocycles. The summed E-state index contributed by atoms with van der Waals surface area (Å²) < 4.78 is 0. The van der Waals surface area contributed by atoms with Crippen molar-refractivity contribution in [2.75, 3.05) is 0 Å². The molecule has 0 fully saturated rings. The number of allylic oxidation sites excluding steroid dienone is 1. The van der Waals surface area contributed by atoms with E-state index < -0.39 is 0 Å². The van der Waals surface area contributed by atoms with Crippen molar-refractivity contribution >= 4 is 25.6 Å². The van der Waals surface area contributed by atoms with Gasteiger partial charge in [-0.05, 0) is 84.2 Å². The minimum atomic E-state index is 0.893. The van der Waals surface area contributed by atoms with Gasteiger partial charge in [-0.15, -0.1) is 29.3 Å². The molecule has 0 aliphatic rings. The maximum absolute atomic E-state index is 5.30. The van der Waals surface area contributed by atoms with Gasteiger partial charge in [-0.3, -0.25) is 0 Å². The van der Waals surface area contributed by atoms with E-state index in [1.807, 2.05) is 0 Å². The molecule has 0 aliphatic carbocycles. The van der Waals surface area contributed by atoms with Crippen molar-refractivity contribution in [1.29, 1.82) is 0 Å². The fourth-order valence-electron chi connectivity index (χ4n) is 6.25. The zero-order valence-electron chi connectivity index (χ0n) is 32.4. The topological polar surface area (TPSA) is 12.4 Å². The second kappa shape index (κ2) is 27.0. The van der Waals surface area contributed by atoms with Crippen LogP contribution in [0.5, 0.6) is 0 Å². The van der Waals surface area contributed by atoms with E-state index in [1.54, 1.807) is 0 Å². The van der Waals surface area contributed by atoms with E-state index in [4.69, 9.17) is 4.99 Å². The summed E-state index contributed by atoms with van der Waals surface area (Å²) >= 11 is 6.25. The van der Waals surface area contributed by atoms with Gasteiger partial charge in [0.25, 0.3) is 0 Å². The number of unbranched alkanes of at least 4 members (excludes halogenated alkanes) is 6. The third kappa shape index (κ3) is 15.8. The predicted octanol–water partition coefficient (Wildman–Crippen LogP) is 15.6. The third-order valence-corrected chi connectivity index (χ3v) is 9.10. The average Bonchev–Trinajstić information content (AvgIpc) is 3.18. The quantitative estimate of drug-likeness (QED) is 0.0412. The van der Waals surface area contributed by atoms with Gasteiger partial charge in [0.1, 0.15) is 0 Å². The molecule has 0 radical (unpaired) electrons. The zero-order valence-corrected chi connectivity index (χ0v) is 35.0. The molecule has 0 bridgehead atoms. The first-order valence-corrected chi connectivity index (χ1v) is 21.9. The van der Waals surface area contributed by atoms with Gasteiger partial charge in [-0.25, -0.2) is 0 Å². The number of aliphatic imine (C=N–C) groups is 1. The van der Waals surface area contributed by atoms with Crippen LogP contribution in [0, 0.1) is 13.0 Å². The molecule has 0 spiro atoms. The third-order valence-electron chi connectivity index (χ3n) is 9.10. The van der Waals surface area contributed by atoms with Crippen LogP contribution in [-0.2, 0) is 33.0 Å². The Morgan fingerprint density at radius 3 is 1.73 bits per heavy atom. The van der Waals surface area contributed by atoms with Crippen molar-refractivity contribution in [1.82, 2.24) is 0 Å². The second-order valence-corrected chi connectivity index (χ2v) is 13.3. The van der Waals surface area contributed by atoms with Gasteiger partial charge >= 0.3 is 27.9 Å². The molecule has 51 heavy (non-hydrogen) atoms. The van der Waals surface area contributed by atoms with Crippen LogP contribution >= 0.6 is 14.2 Å². The molecule has 0 heterocycles. The first-order valence-electron chi connectivity index (χ1n) is 19.5. The van der Waals surface area contributed by atoms with Crippen LogP contribution in [0.15, 0.2) is 102 Å². The molecule has 0 unspecified atom stereocenters. The van der Waals surface area contributed by atoms with E-state index in [-0.39, 0.29) is 0 Å². The predicted molar refractivity (Wildman–Crippen MR) is 227 cm³/mol. The summed E-state index contributed by atoms with van der Waals surface area (Å²) in [6.45, 7) is 17.0. The first-order chi connectivity index (χ1) is 25.0. The molecule has 1 nitrogen and oxygen atoms in total. The van der Waals surface area contributed by atoms with E-state index >= 15 is 0 Å². The number of hydrogen-bond donors (Lipinski definition) is 0.